The number of hydrogen-bond acceptors (Lipinski definition) is 2. The summed E-state index contributed by atoms with van der Waals surface area (Å²) in [6.07, 6.45) is 5.62. The Morgan fingerprint density at radius 3 is 1.83 bits per heavy atom. The zero-order valence-electron chi connectivity index (χ0n) is 13.7. The van der Waals surface area contributed by atoms with Gasteiger partial charge in [0.05, 0.1) is 0 Å². The molecule has 0 atom stereocenters. The first-order valence-electron chi connectivity index (χ1n) is 8.53. The largest absolute Gasteiger partial charge is 0.461 e. The Balaban J connectivity index is 1.93. The van der Waals surface area contributed by atoms with Gasteiger partial charge in [-0.1, -0.05) is 67.1 Å². The van der Waals surface area contributed by atoms with Gasteiger partial charge in [0, 0.05) is 0 Å². The van der Waals surface area contributed by atoms with Crippen molar-refractivity contribution < 1.29 is 9.53 Å². The maximum absolute atomic E-state index is 13.1. The van der Waals surface area contributed by atoms with Crippen LogP contribution in [0.5, 0.6) is 0 Å². The highest BCUT2D eigenvalue weighted by Gasteiger charge is 2.39. The number of carbonyl (C=O) groups is 1. The van der Waals surface area contributed by atoms with Crippen LogP contribution in [0.25, 0.3) is 0 Å². The van der Waals surface area contributed by atoms with Crippen LogP contribution < -0.4 is 0 Å². The fourth-order valence-corrected chi connectivity index (χ4v) is 3.40. The first-order chi connectivity index (χ1) is 11.2. The van der Waals surface area contributed by atoms with Crippen molar-refractivity contribution in [2.24, 2.45) is 0 Å². The van der Waals surface area contributed by atoms with Gasteiger partial charge in [0.2, 0.25) is 0 Å². The molecule has 1 fully saturated rings. The summed E-state index contributed by atoms with van der Waals surface area (Å²) in [6.45, 7) is 1.98. The average Bonchev–Trinajstić information content (AvgIpc) is 2.63. The standard InChI is InChI=1S/C21H24O2/c1-21(17-11-5-2-6-12-17,18-13-7-3-8-14-18)20(22)23-19-15-9-4-10-16-19/h2-3,5-8,11-14,19H,4,9-10,15-16H2,1H3. The number of hydrogen-bond donors (Lipinski definition) is 0. The van der Waals surface area contributed by atoms with Crippen molar-refractivity contribution in [1.82, 2.24) is 0 Å². The van der Waals surface area contributed by atoms with E-state index in [2.05, 4.69) is 0 Å². The van der Waals surface area contributed by atoms with Gasteiger partial charge in [-0.05, 0) is 43.7 Å². The van der Waals surface area contributed by atoms with Gasteiger partial charge < -0.3 is 4.74 Å². The first-order valence-corrected chi connectivity index (χ1v) is 8.53. The van der Waals surface area contributed by atoms with E-state index in [0.29, 0.717) is 0 Å². The molecule has 0 saturated heterocycles. The molecule has 2 aromatic rings. The van der Waals surface area contributed by atoms with E-state index < -0.39 is 5.41 Å². The molecule has 0 amide bonds. The molecule has 0 radical (unpaired) electrons. The van der Waals surface area contributed by atoms with Crippen molar-refractivity contribution in [3.05, 3.63) is 71.8 Å². The molecule has 0 N–H and O–H groups in total. The second kappa shape index (κ2) is 6.99. The molecule has 2 aromatic carbocycles. The van der Waals surface area contributed by atoms with E-state index in [-0.39, 0.29) is 12.1 Å². The lowest BCUT2D eigenvalue weighted by Crippen LogP contribution is -2.38. The van der Waals surface area contributed by atoms with Crippen LogP contribution in [0.2, 0.25) is 0 Å². The lowest BCUT2D eigenvalue weighted by atomic mass is 9.76. The van der Waals surface area contributed by atoms with E-state index in [0.717, 1.165) is 36.8 Å². The predicted octanol–water partition coefficient (Wildman–Crippen LogP) is 4.87. The molecule has 0 unspecified atom stereocenters. The molecule has 0 bridgehead atoms. The van der Waals surface area contributed by atoms with Gasteiger partial charge in [-0.2, -0.15) is 0 Å². The van der Waals surface area contributed by atoms with Crippen LogP contribution in [0.3, 0.4) is 0 Å². The smallest absolute Gasteiger partial charge is 0.321 e. The molecule has 2 heteroatoms. The van der Waals surface area contributed by atoms with Crippen LogP contribution >= 0.6 is 0 Å². The Kier molecular flexibility index (Phi) is 4.80. The second-order valence-electron chi connectivity index (χ2n) is 6.52. The highest BCUT2D eigenvalue weighted by Crippen LogP contribution is 2.34. The molecular weight excluding hydrogens is 284 g/mol. The first kappa shape index (κ1) is 15.8. The number of carbonyl (C=O) groups excluding carboxylic acids is 1. The quantitative estimate of drug-likeness (QED) is 0.753. The highest BCUT2D eigenvalue weighted by atomic mass is 16.5. The van der Waals surface area contributed by atoms with Crippen LogP contribution in [0.4, 0.5) is 0 Å². The topological polar surface area (TPSA) is 26.3 Å². The van der Waals surface area contributed by atoms with E-state index in [1.165, 1.54) is 6.42 Å². The average molecular weight is 308 g/mol. The Hall–Kier alpha value is -2.09. The van der Waals surface area contributed by atoms with Gasteiger partial charge in [-0.15, -0.1) is 0 Å². The van der Waals surface area contributed by atoms with Gasteiger partial charge in [-0.25, -0.2) is 0 Å². The van der Waals surface area contributed by atoms with Crippen LogP contribution in [-0.4, -0.2) is 12.1 Å². The molecule has 0 heterocycles. The minimum absolute atomic E-state index is 0.0722. The molecule has 23 heavy (non-hydrogen) atoms. The van der Waals surface area contributed by atoms with Gasteiger partial charge in [0.25, 0.3) is 0 Å². The Morgan fingerprint density at radius 1 is 0.870 bits per heavy atom. The van der Waals surface area contributed by atoms with E-state index in [1.54, 1.807) is 0 Å². The molecule has 3 rings (SSSR count). The minimum atomic E-state index is -0.764. The third kappa shape index (κ3) is 3.31. The van der Waals surface area contributed by atoms with Crippen molar-refractivity contribution >= 4 is 5.97 Å². The summed E-state index contributed by atoms with van der Waals surface area (Å²) in [7, 11) is 0. The van der Waals surface area contributed by atoms with E-state index in [4.69, 9.17) is 4.74 Å². The number of rotatable bonds is 4. The summed E-state index contributed by atoms with van der Waals surface area (Å²) < 4.78 is 5.93. The summed E-state index contributed by atoms with van der Waals surface area (Å²) >= 11 is 0. The molecule has 120 valence electrons. The molecular formula is C21H24O2. The molecule has 0 aliphatic heterocycles. The van der Waals surface area contributed by atoms with Crippen LogP contribution in [0.15, 0.2) is 60.7 Å². The van der Waals surface area contributed by atoms with E-state index in [9.17, 15) is 4.79 Å². The number of ether oxygens (including phenoxy) is 1. The van der Waals surface area contributed by atoms with Crippen molar-refractivity contribution in [1.29, 1.82) is 0 Å². The summed E-state index contributed by atoms with van der Waals surface area (Å²) in [4.78, 5) is 13.1. The zero-order chi connectivity index (χ0) is 16.1. The maximum Gasteiger partial charge on any atom is 0.321 e. The summed E-state index contributed by atoms with van der Waals surface area (Å²) in [5.41, 5.74) is 1.19. The molecule has 2 nitrogen and oxygen atoms in total. The minimum Gasteiger partial charge on any atom is -0.461 e. The van der Waals surface area contributed by atoms with E-state index >= 15 is 0 Å². The Morgan fingerprint density at radius 2 is 1.35 bits per heavy atom. The lowest BCUT2D eigenvalue weighted by Gasteiger charge is -2.32. The van der Waals surface area contributed by atoms with Crippen molar-refractivity contribution in [2.75, 3.05) is 0 Å². The fraction of sp³-hybridized carbons (Fsp3) is 0.381. The Bertz CT molecular complexity index is 588. The van der Waals surface area contributed by atoms with Gasteiger partial charge >= 0.3 is 5.97 Å². The third-order valence-corrected chi connectivity index (χ3v) is 4.94. The zero-order valence-corrected chi connectivity index (χ0v) is 13.7. The van der Waals surface area contributed by atoms with E-state index in [1.807, 2.05) is 67.6 Å². The predicted molar refractivity (Wildman–Crippen MR) is 92.3 cm³/mol. The monoisotopic (exact) mass is 308 g/mol. The summed E-state index contributed by atoms with van der Waals surface area (Å²) in [6, 6.07) is 19.9. The SMILES string of the molecule is CC(C(=O)OC1CCCCC1)(c1ccccc1)c1ccccc1. The van der Waals surface area contributed by atoms with Gasteiger partial charge in [0.15, 0.2) is 0 Å². The molecule has 1 saturated carbocycles. The fourth-order valence-electron chi connectivity index (χ4n) is 3.40. The summed E-state index contributed by atoms with van der Waals surface area (Å²) in [5, 5.41) is 0. The third-order valence-electron chi connectivity index (χ3n) is 4.94. The van der Waals surface area contributed by atoms with Crippen molar-refractivity contribution in [2.45, 2.75) is 50.5 Å². The molecule has 0 spiro atoms. The Labute approximate surface area is 138 Å². The van der Waals surface area contributed by atoms with Crippen molar-refractivity contribution in [3.63, 3.8) is 0 Å². The second-order valence-corrected chi connectivity index (χ2v) is 6.52. The van der Waals surface area contributed by atoms with Gasteiger partial charge in [-0.3, -0.25) is 4.79 Å². The van der Waals surface area contributed by atoms with Crippen molar-refractivity contribution in [3.8, 4) is 0 Å². The summed E-state index contributed by atoms with van der Waals surface area (Å²) in [5.74, 6) is -0.137. The van der Waals surface area contributed by atoms with Crippen LogP contribution in [-0.2, 0) is 14.9 Å². The van der Waals surface area contributed by atoms with Gasteiger partial charge in [0.1, 0.15) is 11.5 Å². The number of esters is 1. The molecule has 1 aliphatic rings. The lowest BCUT2D eigenvalue weighted by molar-refractivity contribution is -0.155. The highest BCUT2D eigenvalue weighted by molar-refractivity contribution is 5.87. The molecule has 0 aromatic heterocycles. The van der Waals surface area contributed by atoms with Crippen LogP contribution in [0, 0.1) is 0 Å². The normalized spacial score (nSPS) is 16.0. The molecule has 1 aliphatic carbocycles. The number of benzene rings is 2. The maximum atomic E-state index is 13.1. The van der Waals surface area contributed by atoms with Crippen LogP contribution in [0.1, 0.15) is 50.2 Å².